The minimum atomic E-state index is 0. The molecule has 1 atom stereocenters. The Bertz CT molecular complexity index is 966. The molecule has 1 aliphatic heterocycles. The molecule has 4 aliphatic carbocycles. The summed E-state index contributed by atoms with van der Waals surface area (Å²) in [6, 6.07) is 9.63. The molecule has 0 radical (unpaired) electrons. The van der Waals surface area contributed by atoms with E-state index in [1.807, 2.05) is 11.8 Å². The number of benzene rings is 2. The first-order chi connectivity index (χ1) is 12.3. The van der Waals surface area contributed by atoms with E-state index in [0.717, 1.165) is 11.7 Å². The van der Waals surface area contributed by atoms with Crippen molar-refractivity contribution in [2.75, 3.05) is 0 Å². The number of aryl methyl sites for hydroxylation is 4. The van der Waals surface area contributed by atoms with E-state index in [-0.39, 0.29) is 26.2 Å². The van der Waals surface area contributed by atoms with Gasteiger partial charge in [0.1, 0.15) is 0 Å². The van der Waals surface area contributed by atoms with Gasteiger partial charge in [-0.15, -0.1) is 29.8 Å². The predicted octanol–water partition coefficient (Wildman–Crippen LogP) is 5.86. The Morgan fingerprint density at radius 2 is 1.42 bits per heavy atom. The van der Waals surface area contributed by atoms with Gasteiger partial charge in [-0.1, -0.05) is 23.8 Å². The molecule has 0 N–H and O–H groups in total. The van der Waals surface area contributed by atoms with Crippen molar-refractivity contribution in [3.8, 4) is 0 Å². The van der Waals surface area contributed by atoms with Gasteiger partial charge in [-0.05, 0) is 72.4 Å². The van der Waals surface area contributed by atoms with Gasteiger partial charge >= 0.3 is 0 Å². The van der Waals surface area contributed by atoms with Crippen LogP contribution in [-0.2, 0) is 58.3 Å². The van der Waals surface area contributed by atoms with Crippen molar-refractivity contribution in [3.05, 3.63) is 79.8 Å². The maximum absolute atomic E-state index is 3.27. The van der Waals surface area contributed by atoms with E-state index >= 15 is 0 Å². The van der Waals surface area contributed by atoms with Gasteiger partial charge in [0.25, 0.3) is 0 Å². The van der Waals surface area contributed by atoms with Gasteiger partial charge in [0.15, 0.2) is 0 Å². The topological polar surface area (TPSA) is 0 Å². The second-order valence-electron chi connectivity index (χ2n) is 7.85. The fourth-order valence-corrected chi connectivity index (χ4v) is 5.77. The van der Waals surface area contributed by atoms with E-state index in [9.17, 15) is 0 Å². The van der Waals surface area contributed by atoms with Gasteiger partial charge in [0.2, 0.25) is 0 Å². The number of allylic oxidation sites excluding steroid dienone is 1. The first-order valence-corrected chi connectivity index (χ1v) is 10.5. The van der Waals surface area contributed by atoms with Crippen LogP contribution in [0.4, 0.5) is 0 Å². The third-order valence-electron chi connectivity index (χ3n) is 6.24. The summed E-state index contributed by atoms with van der Waals surface area (Å²) in [7, 11) is 0. The monoisotopic (exact) mass is 431 g/mol. The smallest absolute Gasteiger partial charge is 0.0656 e. The minimum Gasteiger partial charge on any atom is -0.272 e. The molecule has 0 aromatic heterocycles. The van der Waals surface area contributed by atoms with E-state index in [0.29, 0.717) is 0 Å². The summed E-state index contributed by atoms with van der Waals surface area (Å²) in [5.74, 6) is 0. The van der Waals surface area contributed by atoms with Crippen molar-refractivity contribution < 1.29 is 26.2 Å². The van der Waals surface area contributed by atoms with Crippen LogP contribution in [0.3, 0.4) is 0 Å². The molecule has 128 valence electrons. The number of rotatable bonds is 0. The molecular weight excluding hydrogens is 412 g/mol. The molecule has 1 unspecified atom stereocenters. The van der Waals surface area contributed by atoms with Crippen molar-refractivity contribution >= 4 is 23.9 Å². The van der Waals surface area contributed by atoms with Gasteiger partial charge < -0.3 is 0 Å². The molecule has 0 saturated carbocycles. The summed E-state index contributed by atoms with van der Waals surface area (Å²) in [6.45, 7) is 0. The van der Waals surface area contributed by atoms with Gasteiger partial charge in [-0.3, -0.25) is 6.08 Å². The Morgan fingerprint density at radius 3 is 2.19 bits per heavy atom. The number of thioether (sulfide) groups is 1. The van der Waals surface area contributed by atoms with Crippen LogP contribution in [0.25, 0.3) is 12.2 Å². The molecule has 5 aliphatic rings. The van der Waals surface area contributed by atoms with E-state index in [1.54, 1.807) is 32.7 Å². The molecule has 0 nitrogen and oxygen atoms in total. The van der Waals surface area contributed by atoms with Crippen LogP contribution >= 0.6 is 11.8 Å². The average molecular weight is 433 g/mol. The third kappa shape index (κ3) is 2.85. The molecule has 7 rings (SSSR count). The Balaban J connectivity index is 0.000000112. The molecule has 1 saturated heterocycles. The standard InChI is InChI=1S/C12H10S.C12H11.Zr/c1-2-7-4-9-6-11-12(13-11)10(9)5-8(7)3-1;1-3-9-7-11-5-2-6-12(11)8-10(9)4-1;/h4-6,12H,1-3H2;5,7-8H,1,3-4,6H2;/q;-1;. The van der Waals surface area contributed by atoms with Gasteiger partial charge in [0.05, 0.1) is 5.25 Å². The summed E-state index contributed by atoms with van der Waals surface area (Å²) in [5.41, 5.74) is 12.4. The van der Waals surface area contributed by atoms with Crippen LogP contribution < -0.4 is 0 Å². The number of hydrogen-bond donors (Lipinski definition) is 0. The summed E-state index contributed by atoms with van der Waals surface area (Å²) in [5, 5.41) is 0.765. The number of hydrogen-bond acceptors (Lipinski definition) is 1. The van der Waals surface area contributed by atoms with Gasteiger partial charge in [-0.2, -0.15) is 5.56 Å². The van der Waals surface area contributed by atoms with E-state index in [4.69, 9.17) is 0 Å². The summed E-state index contributed by atoms with van der Waals surface area (Å²) in [6.07, 6.45) is 16.7. The van der Waals surface area contributed by atoms with Crippen LogP contribution in [0.15, 0.2) is 29.2 Å². The van der Waals surface area contributed by atoms with E-state index < -0.39 is 0 Å². The minimum absolute atomic E-state index is 0. The molecule has 0 amide bonds. The maximum Gasteiger partial charge on any atom is 0.0656 e. The van der Waals surface area contributed by atoms with Gasteiger partial charge in [0, 0.05) is 31.1 Å². The second kappa shape index (κ2) is 6.64. The average Bonchev–Trinajstić information content (AvgIpc) is 3.09. The first-order valence-electron chi connectivity index (χ1n) is 9.60. The van der Waals surface area contributed by atoms with Gasteiger partial charge in [-0.25, -0.2) is 6.08 Å². The molecule has 2 aromatic rings. The fourth-order valence-electron chi connectivity index (χ4n) is 4.85. The zero-order chi connectivity index (χ0) is 16.4. The summed E-state index contributed by atoms with van der Waals surface area (Å²) in [4.78, 5) is 1.60. The van der Waals surface area contributed by atoms with Crippen LogP contribution in [0.2, 0.25) is 0 Å². The predicted molar refractivity (Wildman–Crippen MR) is 107 cm³/mol. The molecule has 2 heteroatoms. The van der Waals surface area contributed by atoms with Crippen LogP contribution in [-0.4, -0.2) is 0 Å². The van der Waals surface area contributed by atoms with Crippen molar-refractivity contribution in [1.29, 1.82) is 0 Å². The Labute approximate surface area is 179 Å². The third-order valence-corrected chi connectivity index (χ3v) is 7.35. The summed E-state index contributed by atoms with van der Waals surface area (Å²) < 4.78 is 0. The fraction of sp³-hybridized carbons (Fsp3) is 0.333. The number of fused-ring (bicyclic) bond motifs is 6. The van der Waals surface area contributed by atoms with Crippen molar-refractivity contribution in [3.63, 3.8) is 0 Å². The molecular formula is C24H21SZr-. The normalized spacial score (nSPS) is 21.5. The van der Waals surface area contributed by atoms with Crippen LogP contribution in [0, 0.1) is 6.08 Å². The van der Waals surface area contributed by atoms with Crippen molar-refractivity contribution in [2.45, 2.75) is 50.2 Å². The zero-order valence-electron chi connectivity index (χ0n) is 14.9. The zero-order valence-corrected chi connectivity index (χ0v) is 18.2. The summed E-state index contributed by atoms with van der Waals surface area (Å²) >= 11 is 2.03. The van der Waals surface area contributed by atoms with Crippen molar-refractivity contribution in [2.24, 2.45) is 0 Å². The van der Waals surface area contributed by atoms with E-state index in [1.165, 1.54) is 55.2 Å². The van der Waals surface area contributed by atoms with Crippen LogP contribution in [0.1, 0.15) is 62.6 Å². The molecule has 0 bridgehead atoms. The quantitative estimate of drug-likeness (QED) is 0.371. The Kier molecular flexibility index (Phi) is 4.41. The van der Waals surface area contributed by atoms with Crippen LogP contribution in [0.5, 0.6) is 0 Å². The Hall–Kier alpha value is -0.847. The SMILES string of the molecule is C1=C2SC2c2cc3c(cc21)CCC3.[C-]1=Cc2cc3c(cc2C1)CCC3.[Zr]. The first kappa shape index (κ1) is 17.3. The van der Waals surface area contributed by atoms with Crippen molar-refractivity contribution in [1.82, 2.24) is 0 Å². The molecule has 1 heterocycles. The molecule has 0 spiro atoms. The Morgan fingerprint density at radius 1 is 0.769 bits per heavy atom. The van der Waals surface area contributed by atoms with E-state index in [2.05, 4.69) is 42.5 Å². The largest absolute Gasteiger partial charge is 0.272 e. The maximum atomic E-state index is 3.27. The molecule has 1 fully saturated rings. The molecule has 26 heavy (non-hydrogen) atoms. The molecule has 2 aromatic carbocycles. The second-order valence-corrected chi connectivity index (χ2v) is 9.03.